The number of rotatable bonds is 32. The van der Waals surface area contributed by atoms with Gasteiger partial charge < -0.3 is 54.7 Å². The smallest absolute Gasteiger partial charge is 0.409 e. The minimum Gasteiger partial charge on any atom is -0.479 e. The van der Waals surface area contributed by atoms with Gasteiger partial charge in [-0.2, -0.15) is 13.5 Å². The van der Waals surface area contributed by atoms with Crippen molar-refractivity contribution in [3.05, 3.63) is 137 Å². The molecule has 8 aliphatic rings. The molecule has 7 fully saturated rings. The van der Waals surface area contributed by atoms with E-state index in [9.17, 15) is 76.9 Å². The number of aromatic carboxylic acids is 1. The highest BCUT2D eigenvalue weighted by Gasteiger charge is 2.60. The summed E-state index contributed by atoms with van der Waals surface area (Å²) in [6.07, 6.45) is 1.86. The Morgan fingerprint density at radius 1 is 0.815 bits per heavy atom. The molecule has 2 unspecified atom stereocenters. The Labute approximate surface area is 627 Å². The van der Waals surface area contributed by atoms with Gasteiger partial charge in [-0.1, -0.05) is 74.1 Å². The number of hydrogen-bond acceptors (Lipinski definition) is 21. The van der Waals surface area contributed by atoms with Crippen molar-refractivity contribution >= 4 is 95.0 Å². The number of anilines is 1. The Balaban J connectivity index is 0.680. The number of nitrogens with zero attached hydrogens (tertiary/aromatic N) is 6. The first-order chi connectivity index (χ1) is 51.5. The molecule has 15 rings (SSSR count). The molecule has 0 radical (unpaired) electrons. The third-order valence-corrected chi connectivity index (χ3v) is 24.3. The lowest BCUT2D eigenvalue weighted by Gasteiger charge is -2.64. The molecule has 8 atom stereocenters. The summed E-state index contributed by atoms with van der Waals surface area (Å²) < 4.78 is 60.9. The highest BCUT2D eigenvalue weighted by atomic mass is 32.2. The highest BCUT2D eigenvalue weighted by molar-refractivity contribution is 7.85. The lowest BCUT2D eigenvalue weighted by atomic mass is 9.43. The molecular formula is C78H90N8O20S2. The molecule has 30 heteroatoms. The van der Waals surface area contributed by atoms with Crippen molar-refractivity contribution < 1.29 is 95.8 Å². The molecule has 108 heavy (non-hydrogen) atoms. The standard InChI is InChI=1S/C78H90N8O20S2/c1-45-38-76(44-86-47(3)58(40-80-86)55-23-24-59(81-64(55)71(95)96)50-20-19-48-14-12-16-56(57(48)37-50)70(94)83-74-82-60-17-7-8-18-61(60)107-74)39-46(2)78(45)29-27-77(43-76,28-30-78)104-34-33-84(4)75(99)103-41-51-21-22-54(105-73-67(92)65(90)66(91)68(106-73)72(97)98)36-49(51)13-9-10-31-79-69(93)52(42-108(100,101)102)35-53(87)15-6-5-11-32-85-62(88)25-26-63(85)89/h7-8,12,14,16-26,36-37,40,45-46,52,65-68,73,90-92H,5-6,9-11,13,15,27-35,38-39,41-44H2,1-4H3,(H,79,93)(H,95,96)(H,97,98)(H,82,83,94)(H,100,101,102)/t45?,46?,52-,65-,66-,67+,68-,73+,76?,77?,78?/m0/s1. The number of fused-ring (bicyclic) bond motifs is 2. The van der Waals surface area contributed by atoms with E-state index in [1.165, 1.54) is 34.5 Å². The number of nitrogens with one attached hydrogen (secondary N) is 2. The van der Waals surface area contributed by atoms with Crippen LogP contribution in [0.2, 0.25) is 0 Å². The summed E-state index contributed by atoms with van der Waals surface area (Å²) in [5.41, 5.74) is 4.35. The van der Waals surface area contributed by atoms with Crippen LogP contribution in [0, 0.1) is 35.5 Å². The first-order valence-electron chi connectivity index (χ1n) is 36.5. The van der Waals surface area contributed by atoms with Gasteiger partial charge in [0, 0.05) is 86.2 Å². The van der Waals surface area contributed by atoms with Gasteiger partial charge in [0.15, 0.2) is 16.9 Å². The number of aryl methyl sites for hydroxylation is 1. The van der Waals surface area contributed by atoms with E-state index in [0.29, 0.717) is 100 Å². The fraction of sp³-hybridized carbons (Fsp3) is 0.474. The minimum atomic E-state index is -4.69. The molecule has 8 N–H and O–H groups in total. The number of aliphatic carboxylic acids is 1. The Morgan fingerprint density at radius 2 is 1.56 bits per heavy atom. The number of aliphatic hydroxyl groups is 3. The second kappa shape index (κ2) is 32.8. The number of imide groups is 1. The largest absolute Gasteiger partial charge is 0.479 e. The van der Waals surface area contributed by atoms with Crippen LogP contribution in [-0.2, 0) is 67.9 Å². The fourth-order valence-corrected chi connectivity index (χ4v) is 18.5. The Bertz CT molecular complexity index is 4680. The third kappa shape index (κ3) is 17.5. The number of amides is 5. The number of hydrogen-bond donors (Lipinski definition) is 8. The van der Waals surface area contributed by atoms with Crippen molar-refractivity contribution in [3.8, 4) is 28.1 Å². The van der Waals surface area contributed by atoms with Crippen LogP contribution in [0.4, 0.5) is 9.93 Å². The number of ether oxygens (including phenoxy) is 4. The van der Waals surface area contributed by atoms with Crippen LogP contribution >= 0.6 is 11.3 Å². The number of carbonyl (C=O) groups excluding carboxylic acids is 6. The summed E-state index contributed by atoms with van der Waals surface area (Å²) in [4.78, 5) is 115. The van der Waals surface area contributed by atoms with Crippen LogP contribution in [0.3, 0.4) is 0 Å². The van der Waals surface area contributed by atoms with Gasteiger partial charge in [-0.25, -0.2) is 24.4 Å². The zero-order chi connectivity index (χ0) is 77.0. The molecular weight excluding hydrogens is 1430 g/mol. The predicted octanol–water partition coefficient (Wildman–Crippen LogP) is 9.33. The van der Waals surface area contributed by atoms with Crippen LogP contribution < -0.4 is 15.4 Å². The summed E-state index contributed by atoms with van der Waals surface area (Å²) in [5, 5.41) is 64.6. The number of carbonyl (C=O) groups is 8. The SMILES string of the molecule is Cc1c(-c2ccc(-c3ccc4cccc(C(=O)Nc5nc6ccccc6s5)c4c3)nc2C(=O)O)cnn1CC12CC(C)C3(CCC(OCCN(C)C(=O)OCc4ccc(O[C@@H]5O[C@H](C(=O)O)[C@@H](O)[C@H](O)[C@H]5O)cc4CCCCNC(=O)[C@@H](CC(=O)CCCCCN4C(=O)C=CC4=O)CS(=O)(=O)O)(CC3)C1)C(C)C2. The Kier molecular flexibility index (Phi) is 23.8. The van der Waals surface area contributed by atoms with Gasteiger partial charge in [-0.3, -0.25) is 43.4 Å². The van der Waals surface area contributed by atoms with Crippen molar-refractivity contribution in [2.24, 2.45) is 28.6 Å². The number of aromatic nitrogens is 4. The molecule has 3 bridgehead atoms. The number of aliphatic hydroxyl groups excluding tert-OH is 3. The second-order valence-electron chi connectivity index (χ2n) is 29.7. The number of ketones is 1. The first kappa shape index (κ1) is 78.2. The number of para-hydroxylation sites is 1. The number of Topliss-reactive ketones (excluding diaryl/α,β-unsaturated/α-hetero) is 1. The molecule has 4 aromatic carbocycles. The van der Waals surface area contributed by atoms with Gasteiger partial charge in [0.25, 0.3) is 27.8 Å². The first-order valence-corrected chi connectivity index (χ1v) is 38.9. The average Bonchev–Trinajstić information content (AvgIpc) is 0.802. The molecule has 6 saturated carbocycles. The van der Waals surface area contributed by atoms with Crippen LogP contribution in [0.5, 0.6) is 5.75 Å². The van der Waals surface area contributed by atoms with E-state index >= 15 is 0 Å². The van der Waals surface area contributed by atoms with Gasteiger partial charge in [0.2, 0.25) is 12.2 Å². The van der Waals surface area contributed by atoms with E-state index in [4.69, 9.17) is 29.0 Å². The summed E-state index contributed by atoms with van der Waals surface area (Å²) in [5.74, 6) is -6.72. The average molecular weight is 1520 g/mol. The number of unbranched alkanes of at least 4 members (excludes halogenated alkanes) is 3. The van der Waals surface area contributed by atoms with E-state index in [0.717, 1.165) is 71.1 Å². The number of carboxylic acid groups (broad SMARTS) is 2. The van der Waals surface area contributed by atoms with Crippen molar-refractivity contribution in [1.29, 1.82) is 0 Å². The maximum Gasteiger partial charge on any atom is 0.409 e. The summed E-state index contributed by atoms with van der Waals surface area (Å²) in [7, 11) is -3.08. The summed E-state index contributed by atoms with van der Waals surface area (Å²) in [6, 6.07) is 26.9. The molecule has 7 aromatic rings. The summed E-state index contributed by atoms with van der Waals surface area (Å²) in [6.45, 7) is 7.57. The maximum atomic E-state index is 13.9. The van der Waals surface area contributed by atoms with Crippen LogP contribution in [0.25, 0.3) is 43.4 Å². The molecule has 5 heterocycles. The van der Waals surface area contributed by atoms with Crippen LogP contribution in [0.15, 0.2) is 109 Å². The molecule has 3 aromatic heterocycles. The molecule has 1 saturated heterocycles. The Hall–Kier alpha value is -9.40. The van der Waals surface area contributed by atoms with Gasteiger partial charge in [-0.05, 0) is 177 Å². The number of likely N-dealkylation sites (N-methyl/N-ethyl adjacent to an activating group) is 1. The van der Waals surface area contributed by atoms with Crippen molar-refractivity contribution in [2.75, 3.05) is 44.4 Å². The monoisotopic (exact) mass is 1520 g/mol. The number of carboxylic acids is 2. The maximum absolute atomic E-state index is 13.9. The van der Waals surface area contributed by atoms with Crippen LogP contribution in [0.1, 0.15) is 141 Å². The minimum absolute atomic E-state index is 0.00800. The number of benzene rings is 4. The van der Waals surface area contributed by atoms with E-state index in [2.05, 4.69) is 29.5 Å². The highest BCUT2D eigenvalue weighted by Crippen LogP contribution is 2.66. The zero-order valence-corrected chi connectivity index (χ0v) is 62.1. The van der Waals surface area contributed by atoms with E-state index < -0.39 is 106 Å². The van der Waals surface area contributed by atoms with Crippen molar-refractivity contribution in [3.63, 3.8) is 0 Å². The molecule has 6 aliphatic carbocycles. The zero-order valence-electron chi connectivity index (χ0n) is 60.5. The summed E-state index contributed by atoms with van der Waals surface area (Å²) >= 11 is 1.38. The quantitative estimate of drug-likeness (QED) is 0.0110. The lowest BCUT2D eigenvalue weighted by molar-refractivity contribution is -0.271. The number of thiazole rings is 1. The van der Waals surface area contributed by atoms with Crippen molar-refractivity contribution in [1.82, 2.24) is 34.9 Å². The van der Waals surface area contributed by atoms with Crippen LogP contribution in [-0.4, -0.2) is 191 Å². The molecule has 2 aliphatic heterocycles. The molecule has 28 nitrogen and oxygen atoms in total. The third-order valence-electron chi connectivity index (χ3n) is 22.6. The van der Waals surface area contributed by atoms with Gasteiger partial charge >= 0.3 is 18.0 Å². The normalized spacial score (nSPS) is 24.2. The fourth-order valence-electron chi connectivity index (χ4n) is 16.9. The predicted molar refractivity (Wildman–Crippen MR) is 396 cm³/mol. The Morgan fingerprint density at radius 3 is 2.29 bits per heavy atom. The molecule has 574 valence electrons. The van der Waals surface area contributed by atoms with Gasteiger partial charge in [0.1, 0.15) is 36.5 Å². The van der Waals surface area contributed by atoms with Gasteiger partial charge in [-0.15, -0.1) is 0 Å². The lowest BCUT2D eigenvalue weighted by Crippen LogP contribution is -2.61. The molecule has 5 amide bonds. The van der Waals surface area contributed by atoms with E-state index in [-0.39, 0.29) is 73.9 Å². The molecule has 1 spiro atoms. The number of pyridine rings is 1. The second-order valence-corrected chi connectivity index (χ2v) is 32.2. The van der Waals surface area contributed by atoms with E-state index in [1.807, 2.05) is 66.2 Å². The van der Waals surface area contributed by atoms with E-state index in [1.54, 1.807) is 43.6 Å². The topological polar surface area (TPSA) is 403 Å². The van der Waals surface area contributed by atoms with Crippen molar-refractivity contribution in [2.45, 2.75) is 167 Å². The van der Waals surface area contributed by atoms with Gasteiger partial charge in [0.05, 0.1) is 46.0 Å².